The zero-order chi connectivity index (χ0) is 25.9. The number of aliphatic imine (C=N–C) groups is 1. The molecule has 1 aromatic heterocycles. The highest BCUT2D eigenvalue weighted by molar-refractivity contribution is 8.27. The Labute approximate surface area is 221 Å². The van der Waals surface area contributed by atoms with Gasteiger partial charge >= 0.3 is 0 Å². The lowest BCUT2D eigenvalue weighted by atomic mass is 10.1. The molecule has 37 heavy (non-hydrogen) atoms. The van der Waals surface area contributed by atoms with Gasteiger partial charge in [-0.2, -0.15) is 15.1 Å². The molecule has 1 amide bonds. The summed E-state index contributed by atoms with van der Waals surface area (Å²) in [7, 11) is 0. The molecule has 3 heterocycles. The molecule has 2 aliphatic heterocycles. The minimum Gasteiger partial charge on any atom is -0.490 e. The number of rotatable bonds is 7. The molecule has 0 atom stereocenters. The molecule has 8 nitrogen and oxygen atoms in total. The number of nitrogens with zero attached hydrogens (tertiary/aromatic N) is 4. The van der Waals surface area contributed by atoms with E-state index in [1.54, 1.807) is 55.7 Å². The minimum atomic E-state index is -0.569. The summed E-state index contributed by atoms with van der Waals surface area (Å²) in [5.41, 5.74) is 1.67. The molecule has 186 valence electrons. The van der Waals surface area contributed by atoms with Crippen molar-refractivity contribution in [1.82, 2.24) is 9.99 Å². The molecule has 0 aliphatic carbocycles. The topological polar surface area (TPSA) is 100 Å². The summed E-state index contributed by atoms with van der Waals surface area (Å²) in [4.78, 5) is 21.0. The molecule has 0 unspecified atom stereocenters. The van der Waals surface area contributed by atoms with Crippen LogP contribution in [-0.2, 0) is 11.4 Å². The highest BCUT2D eigenvalue weighted by atomic mass is 35.5. The summed E-state index contributed by atoms with van der Waals surface area (Å²) < 4.78 is 25.5. The number of fused-ring (bicyclic) bond motifs is 1. The van der Waals surface area contributed by atoms with E-state index in [1.807, 2.05) is 6.07 Å². The summed E-state index contributed by atoms with van der Waals surface area (Å²) in [6.07, 6.45) is 4.81. The van der Waals surface area contributed by atoms with Gasteiger partial charge in [0.1, 0.15) is 17.5 Å². The van der Waals surface area contributed by atoms with Crippen LogP contribution >= 0.6 is 23.4 Å². The van der Waals surface area contributed by atoms with Crippen LogP contribution in [0.5, 0.6) is 11.5 Å². The van der Waals surface area contributed by atoms with Gasteiger partial charge in [-0.1, -0.05) is 29.8 Å². The Hall–Kier alpha value is -4.02. The molecule has 0 bridgehead atoms. The Morgan fingerprint density at radius 1 is 1.19 bits per heavy atom. The van der Waals surface area contributed by atoms with Crippen LogP contribution in [0.15, 0.2) is 76.6 Å². The quantitative estimate of drug-likeness (QED) is 0.400. The number of carbonyl (C=O) groups excluding carboxylic acids is 1. The van der Waals surface area contributed by atoms with Crippen molar-refractivity contribution in [3.63, 3.8) is 0 Å². The number of benzene rings is 2. The van der Waals surface area contributed by atoms with Crippen LogP contribution in [0.25, 0.3) is 6.08 Å². The molecule has 1 N–H and O–H groups in total. The van der Waals surface area contributed by atoms with Crippen LogP contribution in [0, 0.1) is 11.2 Å². The van der Waals surface area contributed by atoms with Gasteiger partial charge in [-0.15, -0.1) is 0 Å². The Morgan fingerprint density at radius 3 is 2.78 bits per heavy atom. The molecule has 0 spiro atoms. The van der Waals surface area contributed by atoms with E-state index in [2.05, 4.69) is 15.1 Å². The van der Waals surface area contributed by atoms with Gasteiger partial charge in [-0.25, -0.2) is 4.39 Å². The molecule has 2 aliphatic rings. The third-order valence-electron chi connectivity index (χ3n) is 5.34. The fourth-order valence-corrected chi connectivity index (χ4v) is 4.76. The van der Waals surface area contributed by atoms with Crippen molar-refractivity contribution in [1.29, 1.82) is 5.41 Å². The second-order valence-electron chi connectivity index (χ2n) is 7.81. The van der Waals surface area contributed by atoms with Gasteiger partial charge in [0.05, 0.1) is 17.2 Å². The highest BCUT2D eigenvalue weighted by Crippen LogP contribution is 2.38. The van der Waals surface area contributed by atoms with Gasteiger partial charge in [0.15, 0.2) is 17.3 Å². The summed E-state index contributed by atoms with van der Waals surface area (Å²) >= 11 is 7.70. The summed E-state index contributed by atoms with van der Waals surface area (Å²) in [6.45, 7) is 2.09. The number of halogens is 2. The fourth-order valence-electron chi connectivity index (χ4n) is 3.60. The predicted molar refractivity (Wildman–Crippen MR) is 142 cm³/mol. The van der Waals surface area contributed by atoms with Crippen molar-refractivity contribution in [2.45, 2.75) is 13.5 Å². The second-order valence-corrected chi connectivity index (χ2v) is 9.17. The molecule has 0 fully saturated rings. The minimum absolute atomic E-state index is 0.0408. The normalized spacial score (nSPS) is 16.0. The number of nitrogens with one attached hydrogen (secondary N) is 1. The van der Waals surface area contributed by atoms with E-state index in [0.717, 1.165) is 5.56 Å². The van der Waals surface area contributed by atoms with E-state index in [-0.39, 0.29) is 34.6 Å². The molecule has 0 saturated carbocycles. The molecule has 0 radical (unpaired) electrons. The molecular weight excluding hydrogens is 517 g/mol. The first-order chi connectivity index (χ1) is 17.9. The first-order valence-corrected chi connectivity index (χ1v) is 12.4. The Bertz CT molecular complexity index is 1490. The van der Waals surface area contributed by atoms with Crippen molar-refractivity contribution < 1.29 is 18.7 Å². The van der Waals surface area contributed by atoms with Crippen LogP contribution in [0.2, 0.25) is 5.02 Å². The molecular formula is C26H19ClFN5O3S. The molecule has 5 rings (SSSR count). The fraction of sp³-hybridized carbons (Fsp3) is 0.115. The third kappa shape index (κ3) is 5.11. The van der Waals surface area contributed by atoms with E-state index in [1.165, 1.54) is 28.9 Å². The van der Waals surface area contributed by atoms with Gasteiger partial charge in [0, 0.05) is 23.5 Å². The largest absolute Gasteiger partial charge is 0.490 e. The van der Waals surface area contributed by atoms with Crippen molar-refractivity contribution in [2.75, 3.05) is 6.61 Å². The summed E-state index contributed by atoms with van der Waals surface area (Å²) in [6, 6.07) is 13.1. The lowest BCUT2D eigenvalue weighted by Crippen LogP contribution is -2.35. The van der Waals surface area contributed by atoms with Crippen LogP contribution in [-0.4, -0.2) is 38.6 Å². The Balaban J connectivity index is 1.43. The lowest BCUT2D eigenvalue weighted by molar-refractivity contribution is -0.114. The van der Waals surface area contributed by atoms with Gasteiger partial charge in [0.25, 0.3) is 5.91 Å². The smallest absolute Gasteiger partial charge is 0.283 e. The van der Waals surface area contributed by atoms with E-state index >= 15 is 0 Å². The number of hydrogen-bond acceptors (Lipinski definition) is 7. The number of carbonyl (C=O) groups is 1. The van der Waals surface area contributed by atoms with Crippen molar-refractivity contribution >= 4 is 51.4 Å². The van der Waals surface area contributed by atoms with Gasteiger partial charge in [-0.3, -0.25) is 15.2 Å². The van der Waals surface area contributed by atoms with E-state index in [4.69, 9.17) is 26.5 Å². The van der Waals surface area contributed by atoms with Crippen LogP contribution in [0.4, 0.5) is 4.39 Å². The summed E-state index contributed by atoms with van der Waals surface area (Å²) in [5, 5.41) is 15.5. The van der Waals surface area contributed by atoms with Crippen molar-refractivity contribution in [2.24, 2.45) is 10.1 Å². The maximum atomic E-state index is 14.0. The first kappa shape index (κ1) is 24.7. The Morgan fingerprint density at radius 2 is 2.03 bits per heavy atom. The van der Waals surface area contributed by atoms with E-state index in [9.17, 15) is 9.18 Å². The average Bonchev–Trinajstić information content (AvgIpc) is 3.32. The lowest BCUT2D eigenvalue weighted by Gasteiger charge is -2.20. The number of pyridine rings is 1. The molecule has 2 aromatic carbocycles. The zero-order valence-electron chi connectivity index (χ0n) is 19.4. The van der Waals surface area contributed by atoms with Crippen LogP contribution in [0.3, 0.4) is 0 Å². The SMILES string of the molecule is CCOc1cc(/C=C2/C(=N)N3N=C(c4cccnc4)SC3=NC2=O)cc(Cl)c1OCc1ccccc1F. The number of thioether (sulfide) groups is 1. The van der Waals surface area contributed by atoms with Gasteiger partial charge in [-0.05, 0) is 60.7 Å². The average molecular weight is 536 g/mol. The van der Waals surface area contributed by atoms with Crippen LogP contribution < -0.4 is 9.47 Å². The maximum Gasteiger partial charge on any atom is 0.283 e. The Kier molecular flexibility index (Phi) is 7.02. The number of hydrogen-bond donors (Lipinski definition) is 1. The van der Waals surface area contributed by atoms with Crippen molar-refractivity contribution in [3.8, 4) is 11.5 Å². The summed E-state index contributed by atoms with van der Waals surface area (Å²) in [5.74, 6) is -0.496. The highest BCUT2D eigenvalue weighted by Gasteiger charge is 2.36. The molecule has 0 saturated heterocycles. The first-order valence-electron chi connectivity index (χ1n) is 11.2. The van der Waals surface area contributed by atoms with Gasteiger partial charge < -0.3 is 9.47 Å². The number of amides is 1. The predicted octanol–water partition coefficient (Wildman–Crippen LogP) is 5.52. The van der Waals surface area contributed by atoms with Gasteiger partial charge in [0.2, 0.25) is 5.17 Å². The molecule has 3 aromatic rings. The van der Waals surface area contributed by atoms with E-state index in [0.29, 0.717) is 33.7 Å². The second kappa shape index (κ2) is 10.5. The number of hydrazone groups is 1. The third-order valence-corrected chi connectivity index (χ3v) is 6.57. The number of amidine groups is 2. The molecule has 11 heteroatoms. The van der Waals surface area contributed by atoms with E-state index < -0.39 is 5.91 Å². The van der Waals surface area contributed by atoms with Crippen LogP contribution in [0.1, 0.15) is 23.6 Å². The number of ether oxygens (including phenoxy) is 2. The maximum absolute atomic E-state index is 14.0. The van der Waals surface area contributed by atoms with Crippen molar-refractivity contribution in [3.05, 3.63) is 94.0 Å². The monoisotopic (exact) mass is 535 g/mol. The zero-order valence-corrected chi connectivity index (χ0v) is 21.0. The number of aromatic nitrogens is 1. The standard InChI is InChI=1S/C26H19ClFN5O3S/c1-2-35-21-12-15(11-19(27)22(21)36-14-17-6-3-4-8-20(17)28)10-18-23(29)33-26(31-24(18)34)37-25(32-33)16-7-5-9-30-13-16/h3-13,29H,2,14H2,1H3/b18-10-,29-23?.